The molecule has 144 valence electrons. The minimum absolute atomic E-state index is 0.0515. The predicted molar refractivity (Wildman–Crippen MR) is 102 cm³/mol. The number of hydrogen-bond acceptors (Lipinski definition) is 2. The summed E-state index contributed by atoms with van der Waals surface area (Å²) in [7, 11) is 0. The Morgan fingerprint density at radius 2 is 1.75 bits per heavy atom. The van der Waals surface area contributed by atoms with E-state index in [1.807, 2.05) is 4.90 Å². The zero-order valence-corrected chi connectivity index (χ0v) is 15.4. The number of amides is 1. The van der Waals surface area contributed by atoms with Crippen LogP contribution < -0.4 is 0 Å². The molecule has 0 bridgehead atoms. The molecule has 0 spiro atoms. The Bertz CT molecular complexity index is 961. The van der Waals surface area contributed by atoms with Crippen molar-refractivity contribution in [3.05, 3.63) is 83.6 Å². The first-order valence-electron chi connectivity index (χ1n) is 9.47. The lowest BCUT2D eigenvalue weighted by Crippen LogP contribution is -2.32. The van der Waals surface area contributed by atoms with Gasteiger partial charge in [0.05, 0.1) is 5.56 Å². The molecule has 0 saturated heterocycles. The Balaban J connectivity index is 1.39. The highest BCUT2D eigenvalue weighted by Gasteiger charge is 2.32. The second kappa shape index (κ2) is 7.97. The lowest BCUT2D eigenvalue weighted by atomic mass is 10.1. The quantitative estimate of drug-likeness (QED) is 0.553. The topological polar surface area (TPSA) is 33.5 Å². The summed E-state index contributed by atoms with van der Waals surface area (Å²) in [6.45, 7) is 0.489. The van der Waals surface area contributed by atoms with Crippen LogP contribution in [0.25, 0.3) is 11.3 Å². The van der Waals surface area contributed by atoms with Gasteiger partial charge < -0.3 is 9.32 Å². The number of carbonyl (C=O) groups excluding carboxylic acids is 1. The van der Waals surface area contributed by atoms with Crippen LogP contribution in [0.4, 0.5) is 8.78 Å². The number of hydrogen-bond donors (Lipinski definition) is 0. The molecule has 1 amide bonds. The van der Waals surface area contributed by atoms with Crippen LogP contribution in [0.5, 0.6) is 0 Å². The Labute approximate surface area is 162 Å². The lowest BCUT2D eigenvalue weighted by molar-refractivity contribution is -0.132. The molecule has 0 aliphatic heterocycles. The number of benzene rings is 2. The maximum Gasteiger partial charge on any atom is 0.223 e. The van der Waals surface area contributed by atoms with Crippen molar-refractivity contribution in [3.63, 3.8) is 0 Å². The Morgan fingerprint density at radius 3 is 2.46 bits per heavy atom. The third-order valence-electron chi connectivity index (χ3n) is 4.96. The third kappa shape index (κ3) is 4.30. The van der Waals surface area contributed by atoms with E-state index in [0.717, 1.165) is 18.4 Å². The number of furan rings is 1. The molecule has 1 heterocycles. The number of carbonyl (C=O) groups is 1. The molecular formula is C23H21F2NO2. The van der Waals surface area contributed by atoms with E-state index in [4.69, 9.17) is 4.42 Å². The highest BCUT2D eigenvalue weighted by Crippen LogP contribution is 2.30. The van der Waals surface area contributed by atoms with Gasteiger partial charge in [0.25, 0.3) is 0 Å². The maximum atomic E-state index is 13.9. The highest BCUT2D eigenvalue weighted by atomic mass is 19.1. The van der Waals surface area contributed by atoms with E-state index < -0.39 is 0 Å². The molecule has 1 fully saturated rings. The molecule has 1 aromatic heterocycles. The zero-order chi connectivity index (χ0) is 19.5. The third-order valence-corrected chi connectivity index (χ3v) is 4.96. The van der Waals surface area contributed by atoms with E-state index >= 15 is 0 Å². The van der Waals surface area contributed by atoms with Gasteiger partial charge in [-0.15, -0.1) is 0 Å². The van der Waals surface area contributed by atoms with Crippen LogP contribution in [-0.2, 0) is 17.8 Å². The number of halogens is 2. The standard InChI is InChI=1S/C23H21F2NO2/c24-17-7-5-16(6-8-17)15-26(18-9-10-18)23(27)14-12-19-11-13-22(28-19)20-3-1-2-4-21(20)25/h1-8,11,13,18H,9-10,12,14-15H2. The van der Waals surface area contributed by atoms with Gasteiger partial charge in [-0.05, 0) is 54.8 Å². The van der Waals surface area contributed by atoms with E-state index in [1.54, 1.807) is 42.5 Å². The van der Waals surface area contributed by atoms with Crippen molar-refractivity contribution in [2.24, 2.45) is 0 Å². The fraction of sp³-hybridized carbons (Fsp3) is 0.261. The SMILES string of the molecule is O=C(CCc1ccc(-c2ccccc2F)o1)N(Cc1ccc(F)cc1)C1CC1. The van der Waals surface area contributed by atoms with Crippen molar-refractivity contribution in [2.75, 3.05) is 0 Å². The minimum atomic E-state index is -0.335. The number of rotatable bonds is 7. The molecule has 0 atom stereocenters. The monoisotopic (exact) mass is 381 g/mol. The number of nitrogens with zero attached hydrogens (tertiary/aromatic N) is 1. The normalized spacial score (nSPS) is 13.5. The molecular weight excluding hydrogens is 360 g/mol. The first-order valence-corrected chi connectivity index (χ1v) is 9.47. The summed E-state index contributed by atoms with van der Waals surface area (Å²) >= 11 is 0. The Morgan fingerprint density at radius 1 is 1.00 bits per heavy atom. The van der Waals surface area contributed by atoms with Gasteiger partial charge in [0.2, 0.25) is 5.91 Å². The zero-order valence-electron chi connectivity index (χ0n) is 15.4. The molecule has 28 heavy (non-hydrogen) atoms. The van der Waals surface area contributed by atoms with Crippen LogP contribution in [0.15, 0.2) is 65.1 Å². The molecule has 1 aliphatic rings. The van der Waals surface area contributed by atoms with Crippen molar-refractivity contribution < 1.29 is 18.0 Å². The summed E-state index contributed by atoms with van der Waals surface area (Å²) < 4.78 is 32.7. The average molecular weight is 381 g/mol. The molecule has 0 radical (unpaired) electrons. The van der Waals surface area contributed by atoms with E-state index in [1.165, 1.54) is 18.2 Å². The van der Waals surface area contributed by atoms with Crippen molar-refractivity contribution in [2.45, 2.75) is 38.3 Å². The second-order valence-corrected chi connectivity index (χ2v) is 7.13. The van der Waals surface area contributed by atoms with E-state index in [0.29, 0.717) is 36.5 Å². The van der Waals surface area contributed by atoms with Gasteiger partial charge in [-0.2, -0.15) is 0 Å². The van der Waals surface area contributed by atoms with Crippen LogP contribution in [0.3, 0.4) is 0 Å². The fourth-order valence-corrected chi connectivity index (χ4v) is 3.29. The molecule has 3 nitrogen and oxygen atoms in total. The van der Waals surface area contributed by atoms with E-state index in [-0.39, 0.29) is 23.6 Å². The largest absolute Gasteiger partial charge is 0.461 e. The maximum absolute atomic E-state index is 13.9. The van der Waals surface area contributed by atoms with Crippen molar-refractivity contribution in [1.29, 1.82) is 0 Å². The summed E-state index contributed by atoms with van der Waals surface area (Å²) in [6.07, 6.45) is 2.79. The Hall–Kier alpha value is -2.95. The minimum Gasteiger partial charge on any atom is -0.461 e. The summed E-state index contributed by atoms with van der Waals surface area (Å²) in [6, 6.07) is 16.5. The van der Waals surface area contributed by atoms with E-state index in [2.05, 4.69) is 0 Å². The lowest BCUT2D eigenvalue weighted by Gasteiger charge is -2.22. The van der Waals surface area contributed by atoms with Gasteiger partial charge in [-0.3, -0.25) is 4.79 Å². The number of aryl methyl sites for hydroxylation is 1. The molecule has 0 N–H and O–H groups in total. The van der Waals surface area contributed by atoms with Crippen LogP contribution in [0.2, 0.25) is 0 Å². The highest BCUT2D eigenvalue weighted by molar-refractivity contribution is 5.77. The second-order valence-electron chi connectivity index (χ2n) is 7.13. The molecule has 1 aliphatic carbocycles. The van der Waals surface area contributed by atoms with Crippen LogP contribution >= 0.6 is 0 Å². The molecule has 4 rings (SSSR count). The van der Waals surface area contributed by atoms with Gasteiger partial charge >= 0.3 is 0 Å². The molecule has 1 saturated carbocycles. The predicted octanol–water partition coefficient (Wildman–Crippen LogP) is 5.35. The summed E-state index contributed by atoms with van der Waals surface area (Å²) in [5.74, 6) is 0.556. The average Bonchev–Trinajstić information content (AvgIpc) is 3.43. The molecule has 0 unspecified atom stereocenters. The molecule has 5 heteroatoms. The van der Waals surface area contributed by atoms with Gasteiger partial charge in [-0.1, -0.05) is 24.3 Å². The van der Waals surface area contributed by atoms with Crippen LogP contribution in [-0.4, -0.2) is 16.8 Å². The van der Waals surface area contributed by atoms with Crippen LogP contribution in [0.1, 0.15) is 30.6 Å². The molecule has 2 aromatic carbocycles. The smallest absolute Gasteiger partial charge is 0.223 e. The molecule has 3 aromatic rings. The summed E-state index contributed by atoms with van der Waals surface area (Å²) in [5.41, 5.74) is 1.33. The summed E-state index contributed by atoms with van der Waals surface area (Å²) in [4.78, 5) is 14.6. The van der Waals surface area contributed by atoms with Gasteiger partial charge in [0, 0.05) is 25.4 Å². The van der Waals surface area contributed by atoms with Crippen molar-refractivity contribution in [3.8, 4) is 11.3 Å². The van der Waals surface area contributed by atoms with Gasteiger partial charge in [-0.25, -0.2) is 8.78 Å². The van der Waals surface area contributed by atoms with Crippen LogP contribution in [0, 0.1) is 11.6 Å². The fourth-order valence-electron chi connectivity index (χ4n) is 3.29. The first kappa shape index (κ1) is 18.4. The first-order chi connectivity index (χ1) is 13.6. The van der Waals surface area contributed by atoms with Crippen molar-refractivity contribution in [1.82, 2.24) is 4.90 Å². The summed E-state index contributed by atoms with van der Waals surface area (Å²) in [5, 5.41) is 0. The Kier molecular flexibility index (Phi) is 5.24. The van der Waals surface area contributed by atoms with E-state index in [9.17, 15) is 13.6 Å². The van der Waals surface area contributed by atoms with Gasteiger partial charge in [0.15, 0.2) is 0 Å². The van der Waals surface area contributed by atoms with Gasteiger partial charge in [0.1, 0.15) is 23.2 Å². The van der Waals surface area contributed by atoms with Crippen molar-refractivity contribution >= 4 is 5.91 Å².